The second kappa shape index (κ2) is 14.2. The molecule has 42 heavy (non-hydrogen) atoms. The molecule has 0 radical (unpaired) electrons. The van der Waals surface area contributed by atoms with Crippen molar-refractivity contribution in [3.05, 3.63) is 89.2 Å². The highest BCUT2D eigenvalue weighted by molar-refractivity contribution is 5.96. The van der Waals surface area contributed by atoms with Crippen LogP contribution in [0, 0.1) is 0 Å². The van der Waals surface area contributed by atoms with Crippen LogP contribution >= 0.6 is 0 Å². The molecular formula is C32H38N4O6. The minimum absolute atomic E-state index is 0.0456. The molecular weight excluding hydrogens is 536 g/mol. The van der Waals surface area contributed by atoms with Gasteiger partial charge in [-0.15, -0.1) is 0 Å². The number of hydrogen-bond donors (Lipinski definition) is 2. The molecule has 10 heteroatoms. The number of benzene rings is 2. The molecule has 1 aliphatic carbocycles. The predicted octanol–water partition coefficient (Wildman–Crippen LogP) is 4.05. The number of carbonyl (C=O) groups is 3. The molecule has 1 saturated heterocycles. The second-order valence-corrected chi connectivity index (χ2v) is 11.0. The summed E-state index contributed by atoms with van der Waals surface area (Å²) in [5.74, 6) is -1.95. The average molecular weight is 575 g/mol. The summed E-state index contributed by atoms with van der Waals surface area (Å²) >= 11 is 0. The smallest absolute Gasteiger partial charge is 0.356 e. The van der Waals surface area contributed by atoms with Gasteiger partial charge in [-0.2, -0.15) is 5.10 Å². The van der Waals surface area contributed by atoms with Crippen LogP contribution in [-0.4, -0.2) is 68.9 Å². The molecule has 2 aliphatic rings. The molecule has 0 bridgehead atoms. The number of nitrogens with zero attached hydrogens (tertiary/aromatic N) is 3. The first-order chi connectivity index (χ1) is 20.5. The SMILES string of the molecule is O=C(O)c1cc(C(=O)N[C@H]2CCCC[C@@H]2OCc2ccccc2)n(CC(=O)N2CCC[C@@H]2COCc2ccccc2)n1. The Balaban J connectivity index is 1.22. The van der Waals surface area contributed by atoms with E-state index in [0.29, 0.717) is 26.4 Å². The largest absolute Gasteiger partial charge is 0.476 e. The first-order valence-electron chi connectivity index (χ1n) is 14.7. The van der Waals surface area contributed by atoms with E-state index >= 15 is 0 Å². The van der Waals surface area contributed by atoms with Gasteiger partial charge in [0.05, 0.1) is 38.0 Å². The van der Waals surface area contributed by atoms with Crippen LogP contribution < -0.4 is 5.32 Å². The molecule has 2 aromatic carbocycles. The van der Waals surface area contributed by atoms with Crippen molar-refractivity contribution in [2.45, 2.75) is 76.5 Å². The molecule has 10 nitrogen and oxygen atoms in total. The normalized spacial score (nSPS) is 20.4. The lowest BCUT2D eigenvalue weighted by Crippen LogP contribution is -2.47. The van der Waals surface area contributed by atoms with Crippen LogP contribution in [0.1, 0.15) is 70.6 Å². The van der Waals surface area contributed by atoms with Crippen molar-refractivity contribution >= 4 is 17.8 Å². The van der Waals surface area contributed by atoms with Gasteiger partial charge in [-0.1, -0.05) is 73.5 Å². The first-order valence-corrected chi connectivity index (χ1v) is 14.7. The summed E-state index contributed by atoms with van der Waals surface area (Å²) in [7, 11) is 0. The van der Waals surface area contributed by atoms with E-state index in [-0.39, 0.29) is 42.0 Å². The molecule has 2 amide bonds. The molecule has 5 rings (SSSR count). The number of ether oxygens (including phenoxy) is 2. The topological polar surface area (TPSA) is 123 Å². The van der Waals surface area contributed by atoms with Gasteiger partial charge in [-0.3, -0.25) is 9.59 Å². The third-order valence-electron chi connectivity index (χ3n) is 7.96. The Bertz CT molecular complexity index is 1350. The number of rotatable bonds is 12. The Kier molecular flexibility index (Phi) is 9.99. The van der Waals surface area contributed by atoms with Gasteiger partial charge in [0.25, 0.3) is 5.91 Å². The molecule has 0 unspecified atom stereocenters. The summed E-state index contributed by atoms with van der Waals surface area (Å²) in [6.07, 6.45) is 5.04. The first kappa shape index (κ1) is 29.5. The van der Waals surface area contributed by atoms with Crippen molar-refractivity contribution in [2.75, 3.05) is 13.2 Å². The quantitative estimate of drug-likeness (QED) is 0.335. The number of likely N-dealkylation sites (tertiary alicyclic amines) is 1. The molecule has 1 aliphatic heterocycles. The Morgan fingerprint density at radius 3 is 2.31 bits per heavy atom. The lowest BCUT2D eigenvalue weighted by atomic mass is 9.92. The lowest BCUT2D eigenvalue weighted by Gasteiger charge is -2.32. The number of nitrogens with one attached hydrogen (secondary N) is 1. The Labute approximate surface area is 245 Å². The molecule has 2 N–H and O–H groups in total. The van der Waals surface area contributed by atoms with Gasteiger partial charge >= 0.3 is 5.97 Å². The zero-order valence-corrected chi connectivity index (χ0v) is 23.7. The van der Waals surface area contributed by atoms with E-state index < -0.39 is 11.9 Å². The van der Waals surface area contributed by atoms with E-state index in [1.807, 2.05) is 60.7 Å². The highest BCUT2D eigenvalue weighted by atomic mass is 16.5. The minimum atomic E-state index is -1.26. The number of aromatic carboxylic acids is 1. The van der Waals surface area contributed by atoms with E-state index in [1.165, 1.54) is 10.7 Å². The molecule has 3 aromatic rings. The average Bonchev–Trinajstić information content (AvgIpc) is 3.65. The van der Waals surface area contributed by atoms with Crippen molar-refractivity contribution in [2.24, 2.45) is 0 Å². The number of carboxylic acid groups (broad SMARTS) is 1. The van der Waals surface area contributed by atoms with Crippen molar-refractivity contribution in [1.29, 1.82) is 0 Å². The fraction of sp³-hybridized carbons (Fsp3) is 0.438. The summed E-state index contributed by atoms with van der Waals surface area (Å²) in [5, 5.41) is 16.7. The van der Waals surface area contributed by atoms with Crippen LogP contribution in [0.5, 0.6) is 0 Å². The zero-order valence-electron chi connectivity index (χ0n) is 23.7. The number of carbonyl (C=O) groups excluding carboxylic acids is 2. The predicted molar refractivity (Wildman–Crippen MR) is 155 cm³/mol. The van der Waals surface area contributed by atoms with Crippen LogP contribution in [0.3, 0.4) is 0 Å². The van der Waals surface area contributed by atoms with Gasteiger partial charge in [0.2, 0.25) is 5.91 Å². The summed E-state index contributed by atoms with van der Waals surface area (Å²) in [6, 6.07) is 20.7. The summed E-state index contributed by atoms with van der Waals surface area (Å²) in [6.45, 7) is 1.65. The number of carboxylic acids is 1. The van der Waals surface area contributed by atoms with Crippen LogP contribution in [0.15, 0.2) is 66.7 Å². The molecule has 1 aromatic heterocycles. The zero-order chi connectivity index (χ0) is 29.3. The summed E-state index contributed by atoms with van der Waals surface area (Å²) in [4.78, 5) is 40.3. The van der Waals surface area contributed by atoms with Crippen LogP contribution in [-0.2, 0) is 34.0 Å². The van der Waals surface area contributed by atoms with Gasteiger partial charge in [-0.25, -0.2) is 9.48 Å². The maximum atomic E-state index is 13.5. The fourth-order valence-electron chi connectivity index (χ4n) is 5.75. The number of amides is 2. The van der Waals surface area contributed by atoms with Gasteiger partial charge in [0.15, 0.2) is 5.69 Å². The van der Waals surface area contributed by atoms with E-state index in [1.54, 1.807) is 4.90 Å². The Hall–Kier alpha value is -4.02. The third-order valence-corrected chi connectivity index (χ3v) is 7.96. The van der Waals surface area contributed by atoms with Gasteiger partial charge in [-0.05, 0) is 36.8 Å². The van der Waals surface area contributed by atoms with Crippen molar-refractivity contribution in [3.8, 4) is 0 Å². The number of aromatic nitrogens is 2. The van der Waals surface area contributed by atoms with E-state index in [4.69, 9.17) is 9.47 Å². The van der Waals surface area contributed by atoms with Crippen molar-refractivity contribution < 1.29 is 29.0 Å². The minimum Gasteiger partial charge on any atom is -0.476 e. The molecule has 2 fully saturated rings. The molecule has 2 heterocycles. The lowest BCUT2D eigenvalue weighted by molar-refractivity contribution is -0.134. The second-order valence-electron chi connectivity index (χ2n) is 11.0. The van der Waals surface area contributed by atoms with Crippen LogP contribution in [0.25, 0.3) is 0 Å². The standard InChI is InChI=1S/C32H38N4O6/c37-30(35-17-9-14-25(35)22-41-20-23-10-3-1-4-11-23)19-36-28(18-27(34-36)32(39)40)31(38)33-26-15-7-8-16-29(26)42-21-24-12-5-2-6-13-24/h1-6,10-13,18,25-26,29H,7-9,14-17,19-22H2,(H,33,38)(H,39,40)/t25-,26+,29+/m1/s1. The monoisotopic (exact) mass is 574 g/mol. The Morgan fingerprint density at radius 2 is 1.60 bits per heavy atom. The summed E-state index contributed by atoms with van der Waals surface area (Å²) in [5.41, 5.74) is 1.89. The van der Waals surface area contributed by atoms with Crippen LogP contribution in [0.4, 0.5) is 0 Å². The van der Waals surface area contributed by atoms with Gasteiger partial charge < -0.3 is 24.8 Å². The Morgan fingerprint density at radius 1 is 0.905 bits per heavy atom. The fourth-order valence-corrected chi connectivity index (χ4v) is 5.75. The summed E-state index contributed by atoms with van der Waals surface area (Å²) < 4.78 is 13.3. The highest BCUT2D eigenvalue weighted by Crippen LogP contribution is 2.24. The molecule has 1 saturated carbocycles. The number of hydrogen-bond acceptors (Lipinski definition) is 6. The van der Waals surface area contributed by atoms with E-state index in [0.717, 1.165) is 49.7 Å². The van der Waals surface area contributed by atoms with E-state index in [9.17, 15) is 19.5 Å². The molecule has 222 valence electrons. The van der Waals surface area contributed by atoms with Crippen molar-refractivity contribution in [3.63, 3.8) is 0 Å². The third kappa shape index (κ3) is 7.63. The maximum Gasteiger partial charge on any atom is 0.356 e. The highest BCUT2D eigenvalue weighted by Gasteiger charge is 2.32. The van der Waals surface area contributed by atoms with E-state index in [2.05, 4.69) is 10.4 Å². The van der Waals surface area contributed by atoms with Gasteiger partial charge in [0, 0.05) is 12.6 Å². The van der Waals surface area contributed by atoms with Crippen LogP contribution in [0.2, 0.25) is 0 Å². The molecule has 3 atom stereocenters. The molecule has 0 spiro atoms. The maximum absolute atomic E-state index is 13.5. The van der Waals surface area contributed by atoms with Gasteiger partial charge in [0.1, 0.15) is 12.2 Å². The van der Waals surface area contributed by atoms with Crippen molar-refractivity contribution in [1.82, 2.24) is 20.0 Å².